The van der Waals surface area contributed by atoms with Crippen molar-refractivity contribution in [3.63, 3.8) is 0 Å². The van der Waals surface area contributed by atoms with Gasteiger partial charge in [-0.15, -0.1) is 5.10 Å². The van der Waals surface area contributed by atoms with Crippen molar-refractivity contribution in [2.75, 3.05) is 13.1 Å². The first-order valence-corrected chi connectivity index (χ1v) is 5.79. The number of aromatic nitrogens is 4. The third-order valence-electron chi connectivity index (χ3n) is 3.29. The Kier molecular flexibility index (Phi) is 2.32. The Balaban J connectivity index is 2.05. The molecule has 0 spiro atoms. The summed E-state index contributed by atoms with van der Waals surface area (Å²) in [5.41, 5.74) is 1.96. The third-order valence-corrected chi connectivity index (χ3v) is 3.29. The quantitative estimate of drug-likeness (QED) is 0.763. The average molecular weight is 217 g/mol. The lowest BCUT2D eigenvalue weighted by molar-refractivity contribution is 0.191. The van der Waals surface area contributed by atoms with E-state index >= 15 is 0 Å². The van der Waals surface area contributed by atoms with Gasteiger partial charge in [0.05, 0.1) is 11.7 Å². The lowest BCUT2D eigenvalue weighted by atomic mass is 10.3. The average Bonchev–Trinajstić information content (AvgIpc) is 2.94. The predicted octanol–water partition coefficient (Wildman–Crippen LogP) is 1.44. The SMILES string of the molecule is CCN1CCCC1n1nnc2cnccc21. The van der Waals surface area contributed by atoms with Crippen LogP contribution in [0.25, 0.3) is 11.0 Å². The molecule has 0 saturated carbocycles. The summed E-state index contributed by atoms with van der Waals surface area (Å²) in [6, 6.07) is 1.99. The number of pyridine rings is 1. The van der Waals surface area contributed by atoms with Gasteiger partial charge in [-0.3, -0.25) is 9.88 Å². The molecule has 1 fully saturated rings. The second-order valence-electron chi connectivity index (χ2n) is 4.15. The lowest BCUT2D eigenvalue weighted by Gasteiger charge is -2.22. The largest absolute Gasteiger partial charge is 0.282 e. The van der Waals surface area contributed by atoms with Crippen LogP contribution in [0.2, 0.25) is 0 Å². The van der Waals surface area contributed by atoms with Crippen molar-refractivity contribution in [1.29, 1.82) is 0 Å². The minimum atomic E-state index is 0.373. The molecule has 0 amide bonds. The van der Waals surface area contributed by atoms with Crippen LogP contribution in [-0.2, 0) is 0 Å². The van der Waals surface area contributed by atoms with Crippen molar-refractivity contribution < 1.29 is 0 Å². The van der Waals surface area contributed by atoms with Crippen molar-refractivity contribution >= 4 is 11.0 Å². The zero-order chi connectivity index (χ0) is 11.0. The molecule has 1 aliphatic rings. The molecule has 16 heavy (non-hydrogen) atoms. The number of hydrogen-bond donors (Lipinski definition) is 0. The van der Waals surface area contributed by atoms with E-state index in [-0.39, 0.29) is 0 Å². The van der Waals surface area contributed by atoms with E-state index < -0.39 is 0 Å². The zero-order valence-corrected chi connectivity index (χ0v) is 9.37. The summed E-state index contributed by atoms with van der Waals surface area (Å²) in [6.07, 6.45) is 6.34. The van der Waals surface area contributed by atoms with E-state index in [2.05, 4.69) is 27.1 Å². The topological polar surface area (TPSA) is 46.8 Å². The summed E-state index contributed by atoms with van der Waals surface area (Å²) in [6.45, 7) is 4.42. The Hall–Kier alpha value is -1.49. The first-order valence-electron chi connectivity index (χ1n) is 5.79. The molecule has 0 aliphatic carbocycles. The minimum Gasteiger partial charge on any atom is -0.282 e. The van der Waals surface area contributed by atoms with Crippen LogP contribution in [0.15, 0.2) is 18.5 Å². The summed E-state index contributed by atoms with van der Waals surface area (Å²) in [5, 5.41) is 8.42. The van der Waals surface area contributed by atoms with Crippen molar-refractivity contribution in [1.82, 2.24) is 24.9 Å². The molecule has 1 aliphatic heterocycles. The monoisotopic (exact) mass is 217 g/mol. The van der Waals surface area contributed by atoms with E-state index in [0.29, 0.717) is 6.17 Å². The molecule has 1 atom stereocenters. The summed E-state index contributed by atoms with van der Waals surface area (Å²) >= 11 is 0. The molecule has 0 aromatic carbocycles. The Morgan fingerprint density at radius 3 is 3.31 bits per heavy atom. The fourth-order valence-electron chi connectivity index (χ4n) is 2.47. The van der Waals surface area contributed by atoms with Gasteiger partial charge in [0.2, 0.25) is 0 Å². The van der Waals surface area contributed by atoms with Crippen LogP contribution in [0.1, 0.15) is 25.9 Å². The summed E-state index contributed by atoms with van der Waals surface area (Å²) < 4.78 is 2.04. The third kappa shape index (κ3) is 1.39. The Labute approximate surface area is 94.1 Å². The molecule has 3 heterocycles. The summed E-state index contributed by atoms with van der Waals surface area (Å²) in [7, 11) is 0. The second-order valence-corrected chi connectivity index (χ2v) is 4.15. The smallest absolute Gasteiger partial charge is 0.131 e. The van der Waals surface area contributed by atoms with Gasteiger partial charge in [-0.05, 0) is 25.5 Å². The van der Waals surface area contributed by atoms with E-state index in [1.54, 1.807) is 12.4 Å². The van der Waals surface area contributed by atoms with Crippen LogP contribution in [0.5, 0.6) is 0 Å². The standard InChI is InChI=1S/C11H15N5/c1-2-15-7-3-4-11(15)16-10-5-6-12-8-9(10)13-14-16/h5-6,8,11H,2-4,7H2,1H3. The van der Waals surface area contributed by atoms with E-state index in [1.165, 1.54) is 6.42 Å². The van der Waals surface area contributed by atoms with Crippen LogP contribution in [-0.4, -0.2) is 38.0 Å². The predicted molar refractivity (Wildman–Crippen MR) is 60.8 cm³/mol. The molecule has 84 valence electrons. The fourth-order valence-corrected chi connectivity index (χ4v) is 2.47. The van der Waals surface area contributed by atoms with Gasteiger partial charge in [0.1, 0.15) is 11.7 Å². The molecule has 0 N–H and O–H groups in total. The van der Waals surface area contributed by atoms with Gasteiger partial charge in [-0.1, -0.05) is 12.1 Å². The van der Waals surface area contributed by atoms with Gasteiger partial charge in [0.25, 0.3) is 0 Å². The number of fused-ring (bicyclic) bond motifs is 1. The minimum absolute atomic E-state index is 0.373. The molecule has 5 nitrogen and oxygen atoms in total. The highest BCUT2D eigenvalue weighted by molar-refractivity contribution is 5.72. The highest BCUT2D eigenvalue weighted by atomic mass is 15.5. The Morgan fingerprint density at radius 2 is 2.44 bits per heavy atom. The number of hydrogen-bond acceptors (Lipinski definition) is 4. The van der Waals surface area contributed by atoms with Crippen molar-refractivity contribution in [3.8, 4) is 0 Å². The van der Waals surface area contributed by atoms with Crippen LogP contribution in [0, 0.1) is 0 Å². The van der Waals surface area contributed by atoms with E-state index in [4.69, 9.17) is 0 Å². The Morgan fingerprint density at radius 1 is 1.50 bits per heavy atom. The first-order chi connectivity index (χ1) is 7.90. The molecule has 3 rings (SSSR count). The molecule has 2 aromatic rings. The van der Waals surface area contributed by atoms with Gasteiger partial charge in [-0.25, -0.2) is 4.68 Å². The summed E-state index contributed by atoms with van der Waals surface area (Å²) in [5.74, 6) is 0. The van der Waals surface area contributed by atoms with Gasteiger partial charge in [0.15, 0.2) is 0 Å². The van der Waals surface area contributed by atoms with Gasteiger partial charge >= 0.3 is 0 Å². The maximum Gasteiger partial charge on any atom is 0.131 e. The van der Waals surface area contributed by atoms with Gasteiger partial charge in [-0.2, -0.15) is 0 Å². The Bertz CT molecular complexity index is 492. The lowest BCUT2D eigenvalue weighted by Crippen LogP contribution is -2.27. The van der Waals surface area contributed by atoms with Crippen LogP contribution < -0.4 is 0 Å². The molecule has 0 bridgehead atoms. The number of likely N-dealkylation sites (tertiary alicyclic amines) is 1. The van der Waals surface area contributed by atoms with E-state index in [9.17, 15) is 0 Å². The maximum absolute atomic E-state index is 4.26. The molecule has 5 heteroatoms. The maximum atomic E-state index is 4.26. The zero-order valence-electron chi connectivity index (χ0n) is 9.37. The summed E-state index contributed by atoms with van der Waals surface area (Å²) in [4.78, 5) is 6.50. The molecule has 0 radical (unpaired) electrons. The molecular weight excluding hydrogens is 202 g/mol. The highest BCUT2D eigenvalue weighted by Gasteiger charge is 2.26. The van der Waals surface area contributed by atoms with Gasteiger partial charge in [0, 0.05) is 12.7 Å². The number of rotatable bonds is 2. The highest BCUT2D eigenvalue weighted by Crippen LogP contribution is 2.27. The van der Waals surface area contributed by atoms with Crippen LogP contribution >= 0.6 is 0 Å². The van der Waals surface area contributed by atoms with Crippen molar-refractivity contribution in [2.24, 2.45) is 0 Å². The molecule has 1 unspecified atom stereocenters. The molecule has 2 aromatic heterocycles. The van der Waals surface area contributed by atoms with Crippen LogP contribution in [0.4, 0.5) is 0 Å². The molecule has 1 saturated heterocycles. The van der Waals surface area contributed by atoms with Crippen molar-refractivity contribution in [3.05, 3.63) is 18.5 Å². The second kappa shape index (κ2) is 3.83. The fraction of sp³-hybridized carbons (Fsp3) is 0.545. The van der Waals surface area contributed by atoms with Gasteiger partial charge < -0.3 is 0 Å². The normalized spacial score (nSPS) is 21.9. The van der Waals surface area contributed by atoms with Crippen molar-refractivity contribution in [2.45, 2.75) is 25.9 Å². The van der Waals surface area contributed by atoms with Crippen LogP contribution in [0.3, 0.4) is 0 Å². The van der Waals surface area contributed by atoms with E-state index in [1.807, 2.05) is 10.7 Å². The van der Waals surface area contributed by atoms with E-state index in [0.717, 1.165) is 30.5 Å². The molecular formula is C11H15N5. The number of nitrogens with zero attached hydrogens (tertiary/aromatic N) is 5. The first kappa shape index (κ1) is 9.72.